The Labute approximate surface area is 96.2 Å². The van der Waals surface area contributed by atoms with Gasteiger partial charge in [0.25, 0.3) is 0 Å². The molecule has 0 fully saturated rings. The zero-order valence-electron chi connectivity index (χ0n) is 9.62. The van der Waals surface area contributed by atoms with Gasteiger partial charge in [-0.3, -0.25) is 0 Å². The molecular formula is C12H19NOS. The lowest BCUT2D eigenvalue weighted by atomic mass is 10.0. The molecule has 0 saturated heterocycles. The van der Waals surface area contributed by atoms with E-state index in [0.717, 1.165) is 17.3 Å². The lowest BCUT2D eigenvalue weighted by Crippen LogP contribution is -2.14. The summed E-state index contributed by atoms with van der Waals surface area (Å²) in [6, 6.07) is 6.19. The summed E-state index contributed by atoms with van der Waals surface area (Å²) in [7, 11) is 1.68. The molecule has 2 N–H and O–H groups in total. The van der Waals surface area contributed by atoms with Gasteiger partial charge in [0.1, 0.15) is 5.75 Å². The van der Waals surface area contributed by atoms with Crippen LogP contribution in [-0.4, -0.2) is 18.6 Å². The van der Waals surface area contributed by atoms with Crippen LogP contribution in [0, 0.1) is 6.92 Å². The monoisotopic (exact) mass is 225 g/mol. The van der Waals surface area contributed by atoms with E-state index < -0.39 is 0 Å². The van der Waals surface area contributed by atoms with Gasteiger partial charge in [-0.2, -0.15) is 11.8 Å². The quantitative estimate of drug-likeness (QED) is 0.837. The number of hydrogen-bond acceptors (Lipinski definition) is 3. The Kier molecular flexibility index (Phi) is 4.99. The summed E-state index contributed by atoms with van der Waals surface area (Å²) in [5, 5.41) is 0. The minimum atomic E-state index is 0.126. The fraction of sp³-hybridized carbons (Fsp3) is 0.500. The maximum absolute atomic E-state index is 6.11. The molecule has 0 spiro atoms. The van der Waals surface area contributed by atoms with Gasteiger partial charge in [0, 0.05) is 11.8 Å². The van der Waals surface area contributed by atoms with Gasteiger partial charge in [-0.15, -0.1) is 0 Å². The normalized spacial score (nSPS) is 12.5. The largest absolute Gasteiger partial charge is 0.497 e. The van der Waals surface area contributed by atoms with E-state index in [2.05, 4.69) is 19.9 Å². The summed E-state index contributed by atoms with van der Waals surface area (Å²) in [4.78, 5) is 0. The van der Waals surface area contributed by atoms with Crippen molar-refractivity contribution in [2.75, 3.05) is 18.6 Å². The molecule has 3 heteroatoms. The maximum Gasteiger partial charge on any atom is 0.119 e. The average molecular weight is 225 g/mol. The molecule has 1 aromatic rings. The molecule has 0 aromatic heterocycles. The van der Waals surface area contributed by atoms with E-state index in [9.17, 15) is 0 Å². The van der Waals surface area contributed by atoms with Crippen molar-refractivity contribution in [2.45, 2.75) is 19.9 Å². The molecule has 0 aliphatic heterocycles. The Bertz CT molecular complexity index is 314. The van der Waals surface area contributed by atoms with Crippen molar-refractivity contribution in [1.82, 2.24) is 0 Å². The van der Waals surface area contributed by atoms with Crippen molar-refractivity contribution >= 4 is 11.8 Å². The molecular weight excluding hydrogens is 206 g/mol. The molecule has 0 heterocycles. The van der Waals surface area contributed by atoms with E-state index in [-0.39, 0.29) is 6.04 Å². The third-order valence-corrected chi connectivity index (χ3v) is 3.38. The summed E-state index contributed by atoms with van der Waals surface area (Å²) in [5.41, 5.74) is 8.54. The van der Waals surface area contributed by atoms with E-state index >= 15 is 0 Å². The van der Waals surface area contributed by atoms with Crippen LogP contribution in [-0.2, 0) is 0 Å². The summed E-state index contributed by atoms with van der Waals surface area (Å²) >= 11 is 1.87. The highest BCUT2D eigenvalue weighted by Gasteiger charge is 2.09. The summed E-state index contributed by atoms with van der Waals surface area (Å²) in [6.07, 6.45) is 0. The number of methoxy groups -OCH3 is 1. The zero-order chi connectivity index (χ0) is 11.3. The minimum absolute atomic E-state index is 0.126. The third-order valence-electron chi connectivity index (χ3n) is 2.38. The lowest BCUT2D eigenvalue weighted by Gasteiger charge is -2.14. The first kappa shape index (κ1) is 12.4. The van der Waals surface area contributed by atoms with Gasteiger partial charge in [0.05, 0.1) is 7.11 Å². The van der Waals surface area contributed by atoms with E-state index in [4.69, 9.17) is 10.5 Å². The van der Waals surface area contributed by atoms with Crippen molar-refractivity contribution in [2.24, 2.45) is 5.73 Å². The average Bonchev–Trinajstić information content (AvgIpc) is 2.25. The number of aryl methyl sites for hydroxylation is 1. The van der Waals surface area contributed by atoms with Crippen LogP contribution in [0.5, 0.6) is 5.75 Å². The number of thioether (sulfide) groups is 1. The maximum atomic E-state index is 6.11. The van der Waals surface area contributed by atoms with Crippen LogP contribution in [0.25, 0.3) is 0 Å². The molecule has 1 aromatic carbocycles. The van der Waals surface area contributed by atoms with Crippen LogP contribution < -0.4 is 10.5 Å². The second-order valence-electron chi connectivity index (χ2n) is 3.49. The predicted octanol–water partition coefficient (Wildman–Crippen LogP) is 2.76. The number of nitrogens with two attached hydrogens (primary N) is 1. The first-order valence-corrected chi connectivity index (χ1v) is 6.32. The second kappa shape index (κ2) is 6.03. The standard InChI is InChI=1S/C12H19NOS/c1-4-15-8-12(13)11-6-5-10(14-3)7-9(11)2/h5-7,12H,4,8,13H2,1-3H3. The second-order valence-corrected chi connectivity index (χ2v) is 4.81. The van der Waals surface area contributed by atoms with Crippen molar-refractivity contribution in [1.29, 1.82) is 0 Å². The highest BCUT2D eigenvalue weighted by atomic mass is 32.2. The van der Waals surface area contributed by atoms with Crippen LogP contribution in [0.15, 0.2) is 18.2 Å². The van der Waals surface area contributed by atoms with Crippen molar-refractivity contribution in [3.05, 3.63) is 29.3 Å². The molecule has 1 unspecified atom stereocenters. The smallest absolute Gasteiger partial charge is 0.119 e. The number of benzene rings is 1. The molecule has 0 aliphatic carbocycles. The number of rotatable bonds is 5. The predicted molar refractivity (Wildman–Crippen MR) is 67.7 cm³/mol. The SMILES string of the molecule is CCSCC(N)c1ccc(OC)cc1C. The Morgan fingerprint density at radius 2 is 2.20 bits per heavy atom. The zero-order valence-corrected chi connectivity index (χ0v) is 10.4. The van der Waals surface area contributed by atoms with Gasteiger partial charge in [-0.25, -0.2) is 0 Å². The van der Waals surface area contributed by atoms with Crippen LogP contribution >= 0.6 is 11.8 Å². The van der Waals surface area contributed by atoms with Gasteiger partial charge in [0.2, 0.25) is 0 Å². The van der Waals surface area contributed by atoms with Crippen molar-refractivity contribution in [3.63, 3.8) is 0 Å². The van der Waals surface area contributed by atoms with Gasteiger partial charge in [-0.05, 0) is 35.9 Å². The minimum Gasteiger partial charge on any atom is -0.497 e. The van der Waals surface area contributed by atoms with Gasteiger partial charge in [-0.1, -0.05) is 13.0 Å². The van der Waals surface area contributed by atoms with E-state index in [1.807, 2.05) is 23.9 Å². The lowest BCUT2D eigenvalue weighted by molar-refractivity contribution is 0.414. The Balaban J connectivity index is 2.76. The number of ether oxygens (including phenoxy) is 1. The van der Waals surface area contributed by atoms with Crippen molar-refractivity contribution in [3.8, 4) is 5.75 Å². The summed E-state index contributed by atoms with van der Waals surface area (Å²) < 4.78 is 5.16. The molecule has 1 atom stereocenters. The Hall–Kier alpha value is -0.670. The molecule has 0 bridgehead atoms. The van der Waals surface area contributed by atoms with Gasteiger partial charge in [0.15, 0.2) is 0 Å². The molecule has 84 valence electrons. The van der Waals surface area contributed by atoms with Gasteiger partial charge < -0.3 is 10.5 Å². The molecule has 0 radical (unpaired) electrons. The van der Waals surface area contributed by atoms with Crippen LogP contribution in [0.3, 0.4) is 0 Å². The van der Waals surface area contributed by atoms with Crippen molar-refractivity contribution < 1.29 is 4.74 Å². The summed E-state index contributed by atoms with van der Waals surface area (Å²) in [6.45, 7) is 4.23. The summed E-state index contributed by atoms with van der Waals surface area (Å²) in [5.74, 6) is 2.98. The van der Waals surface area contributed by atoms with E-state index in [1.54, 1.807) is 7.11 Å². The molecule has 0 saturated carbocycles. The Morgan fingerprint density at radius 1 is 1.47 bits per heavy atom. The van der Waals surface area contributed by atoms with Gasteiger partial charge >= 0.3 is 0 Å². The molecule has 2 nitrogen and oxygen atoms in total. The topological polar surface area (TPSA) is 35.2 Å². The number of hydrogen-bond donors (Lipinski definition) is 1. The fourth-order valence-corrected chi connectivity index (χ4v) is 2.19. The first-order chi connectivity index (χ1) is 7.19. The van der Waals surface area contributed by atoms with Crippen LogP contribution in [0.1, 0.15) is 24.1 Å². The van der Waals surface area contributed by atoms with Crippen LogP contribution in [0.2, 0.25) is 0 Å². The molecule has 0 amide bonds. The molecule has 0 aliphatic rings. The molecule has 1 rings (SSSR count). The molecule has 15 heavy (non-hydrogen) atoms. The van der Waals surface area contributed by atoms with E-state index in [0.29, 0.717) is 0 Å². The highest BCUT2D eigenvalue weighted by Crippen LogP contribution is 2.23. The third kappa shape index (κ3) is 3.43. The Morgan fingerprint density at radius 3 is 2.73 bits per heavy atom. The first-order valence-electron chi connectivity index (χ1n) is 5.17. The fourth-order valence-electron chi connectivity index (χ4n) is 1.53. The van der Waals surface area contributed by atoms with E-state index in [1.165, 1.54) is 11.1 Å². The van der Waals surface area contributed by atoms with Crippen LogP contribution in [0.4, 0.5) is 0 Å². The highest BCUT2D eigenvalue weighted by molar-refractivity contribution is 7.99.